The van der Waals surface area contributed by atoms with E-state index in [1.807, 2.05) is 23.7 Å². The topological polar surface area (TPSA) is 23.6 Å². The molecule has 1 heterocycles. The quantitative estimate of drug-likeness (QED) is 0.617. The Morgan fingerprint density at radius 3 is 2.75 bits per heavy atom. The lowest BCUT2D eigenvalue weighted by atomic mass is 10.4. The number of nitrogens with zero attached hydrogens (tertiary/aromatic N) is 2. The molecule has 70 valence electrons. The molecule has 0 atom stereocenters. The van der Waals surface area contributed by atoms with Crippen LogP contribution in [0.25, 0.3) is 0 Å². The first-order chi connectivity index (χ1) is 5.75. The van der Waals surface area contributed by atoms with Crippen molar-refractivity contribution in [3.05, 3.63) is 0 Å². The Hall–Kier alpha value is -0.380. The molecule has 0 aromatic rings. The van der Waals surface area contributed by atoms with Crippen LogP contribution in [-0.4, -0.2) is 54.5 Å². The lowest BCUT2D eigenvalue weighted by Gasteiger charge is -2.14. The van der Waals surface area contributed by atoms with Crippen LogP contribution in [0.5, 0.6) is 0 Å². The number of hydrogen-bond acceptors (Lipinski definition) is 2. The Morgan fingerprint density at radius 2 is 2.25 bits per heavy atom. The molecule has 12 heavy (non-hydrogen) atoms. The lowest BCUT2D eigenvalue weighted by Crippen LogP contribution is -2.30. The molecule has 0 N–H and O–H groups in total. The van der Waals surface area contributed by atoms with Crippen LogP contribution < -0.4 is 0 Å². The largest absolute Gasteiger partial charge is 0.326 e. The highest BCUT2D eigenvalue weighted by molar-refractivity contribution is 7.98. The van der Waals surface area contributed by atoms with Gasteiger partial charge in [0.25, 0.3) is 0 Å². The molecule has 0 unspecified atom stereocenters. The van der Waals surface area contributed by atoms with Crippen LogP contribution >= 0.6 is 11.8 Å². The van der Waals surface area contributed by atoms with Gasteiger partial charge in [-0.05, 0) is 18.4 Å². The Labute approximate surface area is 78.1 Å². The number of likely N-dealkylation sites (N-methyl/N-ethyl adjacent to an activating group) is 1. The van der Waals surface area contributed by atoms with Crippen molar-refractivity contribution in [3.63, 3.8) is 0 Å². The van der Waals surface area contributed by atoms with Gasteiger partial charge in [-0.1, -0.05) is 0 Å². The van der Waals surface area contributed by atoms with Crippen molar-refractivity contribution in [2.45, 2.75) is 6.42 Å². The fraction of sp³-hybridized carbons (Fsp3) is 0.875. The van der Waals surface area contributed by atoms with Crippen LogP contribution in [0.4, 0.5) is 4.79 Å². The molecule has 1 aliphatic rings. The second-order valence-electron chi connectivity index (χ2n) is 3.04. The number of amides is 2. The maximum atomic E-state index is 11.3. The van der Waals surface area contributed by atoms with E-state index >= 15 is 0 Å². The van der Waals surface area contributed by atoms with E-state index in [-0.39, 0.29) is 6.03 Å². The SMILES string of the molecule is CSCCCN1CCN(C)C1=O. The molecule has 1 aliphatic heterocycles. The van der Waals surface area contributed by atoms with Crippen molar-refractivity contribution in [2.24, 2.45) is 0 Å². The van der Waals surface area contributed by atoms with Gasteiger partial charge < -0.3 is 9.80 Å². The molecule has 0 aromatic carbocycles. The minimum atomic E-state index is 0.191. The van der Waals surface area contributed by atoms with Crippen LogP contribution in [0.1, 0.15) is 6.42 Å². The van der Waals surface area contributed by atoms with E-state index in [4.69, 9.17) is 0 Å². The zero-order valence-electron chi connectivity index (χ0n) is 7.75. The molecule has 1 saturated heterocycles. The van der Waals surface area contributed by atoms with Crippen LogP contribution in [-0.2, 0) is 0 Å². The van der Waals surface area contributed by atoms with Crippen LogP contribution in [0.3, 0.4) is 0 Å². The van der Waals surface area contributed by atoms with E-state index in [1.165, 1.54) is 0 Å². The van der Waals surface area contributed by atoms with Gasteiger partial charge in [-0.2, -0.15) is 11.8 Å². The van der Waals surface area contributed by atoms with E-state index < -0.39 is 0 Å². The number of thioether (sulfide) groups is 1. The standard InChI is InChI=1S/C8H16N2OS/c1-9-5-6-10(8(9)11)4-3-7-12-2/h3-7H2,1-2H3. The Balaban J connectivity index is 2.20. The molecular formula is C8H16N2OS. The molecule has 3 nitrogen and oxygen atoms in total. The van der Waals surface area contributed by atoms with E-state index in [9.17, 15) is 4.79 Å². The lowest BCUT2D eigenvalue weighted by molar-refractivity contribution is 0.199. The van der Waals surface area contributed by atoms with Gasteiger partial charge in [0.05, 0.1) is 0 Å². The predicted molar refractivity (Wildman–Crippen MR) is 52.6 cm³/mol. The number of carbonyl (C=O) groups excluding carboxylic acids is 1. The summed E-state index contributed by atoms with van der Waals surface area (Å²) in [7, 11) is 1.86. The van der Waals surface area contributed by atoms with E-state index in [2.05, 4.69) is 6.26 Å². The average molecular weight is 188 g/mol. The molecule has 1 rings (SSSR count). The first-order valence-corrected chi connectivity index (χ1v) is 5.64. The first kappa shape index (κ1) is 9.71. The summed E-state index contributed by atoms with van der Waals surface area (Å²) >= 11 is 1.84. The summed E-state index contributed by atoms with van der Waals surface area (Å²) in [5.41, 5.74) is 0. The Kier molecular flexibility index (Phi) is 3.72. The summed E-state index contributed by atoms with van der Waals surface area (Å²) in [6, 6.07) is 0.191. The van der Waals surface area contributed by atoms with Gasteiger partial charge in [-0.25, -0.2) is 4.79 Å². The predicted octanol–water partition coefficient (Wildman–Crippen LogP) is 1.11. The minimum absolute atomic E-state index is 0.191. The average Bonchev–Trinajstić information content (AvgIpc) is 2.36. The zero-order valence-corrected chi connectivity index (χ0v) is 8.56. The van der Waals surface area contributed by atoms with Crippen molar-refractivity contribution in [1.29, 1.82) is 0 Å². The van der Waals surface area contributed by atoms with Crippen molar-refractivity contribution >= 4 is 17.8 Å². The van der Waals surface area contributed by atoms with Gasteiger partial charge in [0.1, 0.15) is 0 Å². The van der Waals surface area contributed by atoms with Gasteiger partial charge in [0, 0.05) is 26.7 Å². The molecule has 0 bridgehead atoms. The van der Waals surface area contributed by atoms with Crippen molar-refractivity contribution in [3.8, 4) is 0 Å². The molecular weight excluding hydrogens is 172 g/mol. The fourth-order valence-corrected chi connectivity index (χ4v) is 1.73. The highest BCUT2D eigenvalue weighted by atomic mass is 32.2. The normalized spacial score (nSPS) is 17.7. The van der Waals surface area contributed by atoms with Crippen LogP contribution in [0.2, 0.25) is 0 Å². The van der Waals surface area contributed by atoms with Crippen molar-refractivity contribution in [2.75, 3.05) is 38.7 Å². The van der Waals surface area contributed by atoms with Crippen LogP contribution in [0.15, 0.2) is 0 Å². The number of carbonyl (C=O) groups is 1. The highest BCUT2D eigenvalue weighted by Gasteiger charge is 2.23. The highest BCUT2D eigenvalue weighted by Crippen LogP contribution is 2.07. The third-order valence-electron chi connectivity index (χ3n) is 2.08. The van der Waals surface area contributed by atoms with Gasteiger partial charge in [-0.3, -0.25) is 0 Å². The molecule has 4 heteroatoms. The maximum Gasteiger partial charge on any atom is 0.319 e. The summed E-state index contributed by atoms with van der Waals surface area (Å²) < 4.78 is 0. The summed E-state index contributed by atoms with van der Waals surface area (Å²) in [6.45, 7) is 2.71. The maximum absolute atomic E-state index is 11.3. The number of rotatable bonds is 4. The summed E-state index contributed by atoms with van der Waals surface area (Å²) in [5, 5.41) is 0. The Bertz CT molecular complexity index is 163. The van der Waals surface area contributed by atoms with Gasteiger partial charge >= 0.3 is 6.03 Å². The molecule has 0 spiro atoms. The van der Waals surface area contributed by atoms with Gasteiger partial charge in [-0.15, -0.1) is 0 Å². The Morgan fingerprint density at radius 1 is 1.50 bits per heavy atom. The third-order valence-corrected chi connectivity index (χ3v) is 2.78. The fourth-order valence-electron chi connectivity index (χ4n) is 1.31. The number of hydrogen-bond donors (Lipinski definition) is 0. The second kappa shape index (κ2) is 4.60. The molecule has 0 radical (unpaired) electrons. The van der Waals surface area contributed by atoms with Crippen molar-refractivity contribution in [1.82, 2.24) is 9.80 Å². The smallest absolute Gasteiger partial charge is 0.319 e. The molecule has 2 amide bonds. The monoisotopic (exact) mass is 188 g/mol. The van der Waals surface area contributed by atoms with Gasteiger partial charge in [0.2, 0.25) is 0 Å². The van der Waals surface area contributed by atoms with E-state index in [0.717, 1.165) is 31.8 Å². The summed E-state index contributed by atoms with van der Waals surface area (Å²) in [5.74, 6) is 1.15. The molecule has 0 aliphatic carbocycles. The van der Waals surface area contributed by atoms with E-state index in [1.54, 1.807) is 4.90 Å². The first-order valence-electron chi connectivity index (χ1n) is 4.24. The molecule has 0 saturated carbocycles. The number of urea groups is 1. The van der Waals surface area contributed by atoms with Crippen LogP contribution in [0, 0.1) is 0 Å². The minimum Gasteiger partial charge on any atom is -0.326 e. The van der Waals surface area contributed by atoms with Gasteiger partial charge in [0.15, 0.2) is 0 Å². The molecule has 1 fully saturated rings. The molecule has 0 aromatic heterocycles. The second-order valence-corrected chi connectivity index (χ2v) is 4.02. The summed E-state index contributed by atoms with van der Waals surface area (Å²) in [6.07, 6.45) is 3.21. The third kappa shape index (κ3) is 2.30. The van der Waals surface area contributed by atoms with E-state index in [0.29, 0.717) is 0 Å². The van der Waals surface area contributed by atoms with Crippen molar-refractivity contribution < 1.29 is 4.79 Å². The zero-order chi connectivity index (χ0) is 8.97. The summed E-state index contributed by atoms with van der Waals surface area (Å²) in [4.78, 5) is 15.0.